The number of halogens is 1. The smallest absolute Gasteiger partial charge is 0.157 e. The maximum absolute atomic E-state index is 12.3. The van der Waals surface area contributed by atoms with Crippen LogP contribution in [0.3, 0.4) is 0 Å². The Morgan fingerprint density at radius 2 is 1.94 bits per heavy atom. The Bertz CT molecular complexity index is 383. The van der Waals surface area contributed by atoms with Gasteiger partial charge in [0.05, 0.1) is 6.61 Å². The van der Waals surface area contributed by atoms with Crippen molar-refractivity contribution in [3.63, 3.8) is 0 Å². The lowest BCUT2D eigenvalue weighted by molar-refractivity contribution is -0.128. The number of aliphatic hydroxyl groups excluding tert-OH is 1. The fourth-order valence-electron chi connectivity index (χ4n) is 2.61. The van der Waals surface area contributed by atoms with Gasteiger partial charge in [-0.05, 0) is 18.4 Å². The highest BCUT2D eigenvalue weighted by Gasteiger charge is 2.40. The Kier molecular flexibility index (Phi) is 5.79. The fraction of sp³-hybridized carbons (Fsp3) is 0.500. The summed E-state index contributed by atoms with van der Waals surface area (Å²) in [7, 11) is 0. The van der Waals surface area contributed by atoms with Gasteiger partial charge in [-0.1, -0.05) is 36.8 Å². The summed E-state index contributed by atoms with van der Waals surface area (Å²) >= 11 is 0. The molecular formula is C14H20ClNO2. The summed E-state index contributed by atoms with van der Waals surface area (Å²) in [5.74, 6) is 0.253. The summed E-state index contributed by atoms with van der Waals surface area (Å²) < 4.78 is 0. The Balaban J connectivity index is 0.00000162. The van der Waals surface area contributed by atoms with Crippen molar-refractivity contribution in [3.8, 4) is 0 Å². The van der Waals surface area contributed by atoms with Crippen LogP contribution in [0.4, 0.5) is 0 Å². The number of ketones is 1. The number of benzene rings is 1. The molecule has 4 heteroatoms. The Morgan fingerprint density at radius 3 is 2.56 bits per heavy atom. The maximum atomic E-state index is 12.3. The van der Waals surface area contributed by atoms with E-state index in [-0.39, 0.29) is 24.8 Å². The molecule has 1 fully saturated rings. The fourth-order valence-corrected chi connectivity index (χ4v) is 2.61. The van der Waals surface area contributed by atoms with Crippen LogP contribution in [0.25, 0.3) is 0 Å². The van der Waals surface area contributed by atoms with E-state index in [4.69, 9.17) is 5.11 Å². The third-order valence-electron chi connectivity index (χ3n) is 3.49. The number of rotatable bonds is 4. The summed E-state index contributed by atoms with van der Waals surface area (Å²) in [6.45, 7) is 0.516. The number of Topliss-reactive ketones (excluding diaryl/α,β-unsaturated/α-hetero) is 1. The van der Waals surface area contributed by atoms with Gasteiger partial charge in [-0.3, -0.25) is 10.1 Å². The van der Waals surface area contributed by atoms with Gasteiger partial charge in [0.25, 0.3) is 0 Å². The van der Waals surface area contributed by atoms with Gasteiger partial charge in [-0.15, -0.1) is 12.4 Å². The molecule has 2 rings (SSSR count). The Morgan fingerprint density at radius 1 is 1.22 bits per heavy atom. The lowest BCUT2D eigenvalue weighted by Crippen LogP contribution is -2.51. The van der Waals surface area contributed by atoms with Gasteiger partial charge in [0.1, 0.15) is 5.54 Å². The maximum Gasteiger partial charge on any atom is 0.157 e. The molecule has 0 amide bonds. The van der Waals surface area contributed by atoms with Gasteiger partial charge in [0, 0.05) is 13.0 Å². The summed E-state index contributed by atoms with van der Waals surface area (Å²) in [6.07, 6.45) is 3.50. The topological polar surface area (TPSA) is 49.3 Å². The van der Waals surface area contributed by atoms with Crippen molar-refractivity contribution in [1.29, 1.82) is 0 Å². The van der Waals surface area contributed by atoms with Crippen molar-refractivity contribution in [1.82, 2.24) is 5.32 Å². The zero-order chi connectivity index (χ0) is 12.1. The number of hydrogen-bond acceptors (Lipinski definition) is 3. The van der Waals surface area contributed by atoms with E-state index < -0.39 is 5.54 Å². The third kappa shape index (κ3) is 2.91. The van der Waals surface area contributed by atoms with Crippen LogP contribution in [0, 0.1) is 0 Å². The van der Waals surface area contributed by atoms with Crippen molar-refractivity contribution in [2.75, 3.05) is 13.2 Å². The normalized spacial score (nSPS) is 23.5. The van der Waals surface area contributed by atoms with Crippen molar-refractivity contribution in [2.24, 2.45) is 0 Å². The number of hydrogen-bond donors (Lipinski definition) is 2. The summed E-state index contributed by atoms with van der Waals surface area (Å²) in [6, 6.07) is 9.86. The Hall–Kier alpha value is -0.900. The zero-order valence-electron chi connectivity index (χ0n) is 10.4. The van der Waals surface area contributed by atoms with Crippen LogP contribution in [0.1, 0.15) is 31.2 Å². The zero-order valence-corrected chi connectivity index (χ0v) is 11.2. The number of nitrogens with one attached hydrogen (secondary N) is 1. The van der Waals surface area contributed by atoms with Gasteiger partial charge >= 0.3 is 0 Å². The molecule has 1 aliphatic rings. The van der Waals surface area contributed by atoms with Gasteiger partial charge in [-0.2, -0.15) is 0 Å². The van der Waals surface area contributed by atoms with E-state index in [2.05, 4.69) is 5.32 Å². The second-order valence-electron chi connectivity index (χ2n) is 4.55. The quantitative estimate of drug-likeness (QED) is 0.879. The minimum atomic E-state index is -0.567. The highest BCUT2D eigenvalue weighted by atomic mass is 35.5. The second-order valence-corrected chi connectivity index (χ2v) is 4.55. The van der Waals surface area contributed by atoms with Gasteiger partial charge in [-0.25, -0.2) is 0 Å². The van der Waals surface area contributed by atoms with Gasteiger partial charge in [0.15, 0.2) is 5.78 Å². The Labute approximate surface area is 114 Å². The predicted molar refractivity (Wildman–Crippen MR) is 73.9 cm³/mol. The average Bonchev–Trinajstić information content (AvgIpc) is 2.39. The molecular weight excluding hydrogens is 250 g/mol. The minimum Gasteiger partial charge on any atom is -0.395 e. The SMILES string of the molecule is Cl.O=C1CCCC[C@]1(NCCO)c1ccccc1. The molecule has 1 aliphatic carbocycles. The largest absolute Gasteiger partial charge is 0.395 e. The molecule has 0 spiro atoms. The molecule has 0 bridgehead atoms. The van der Waals surface area contributed by atoms with E-state index in [9.17, 15) is 4.79 Å². The van der Waals surface area contributed by atoms with E-state index >= 15 is 0 Å². The molecule has 0 heterocycles. The first-order chi connectivity index (χ1) is 8.29. The van der Waals surface area contributed by atoms with Crippen LogP contribution in [-0.2, 0) is 10.3 Å². The molecule has 1 atom stereocenters. The van der Waals surface area contributed by atoms with E-state index in [1.165, 1.54) is 0 Å². The molecule has 3 nitrogen and oxygen atoms in total. The summed E-state index contributed by atoms with van der Waals surface area (Å²) in [5.41, 5.74) is 0.459. The van der Waals surface area contributed by atoms with E-state index in [0.29, 0.717) is 13.0 Å². The van der Waals surface area contributed by atoms with Crippen molar-refractivity contribution >= 4 is 18.2 Å². The number of aliphatic hydroxyl groups is 1. The number of carbonyl (C=O) groups excluding carboxylic acids is 1. The van der Waals surface area contributed by atoms with E-state index in [1.807, 2.05) is 30.3 Å². The summed E-state index contributed by atoms with van der Waals surface area (Å²) in [5, 5.41) is 12.2. The number of carbonyl (C=O) groups is 1. The summed E-state index contributed by atoms with van der Waals surface area (Å²) in [4.78, 5) is 12.3. The molecule has 18 heavy (non-hydrogen) atoms. The molecule has 0 radical (unpaired) electrons. The molecule has 1 aromatic rings. The molecule has 0 aromatic heterocycles. The third-order valence-corrected chi connectivity index (χ3v) is 3.49. The molecule has 100 valence electrons. The van der Waals surface area contributed by atoms with E-state index in [0.717, 1.165) is 24.8 Å². The van der Waals surface area contributed by atoms with Crippen molar-refractivity contribution in [2.45, 2.75) is 31.2 Å². The van der Waals surface area contributed by atoms with Crippen molar-refractivity contribution < 1.29 is 9.90 Å². The van der Waals surface area contributed by atoms with E-state index in [1.54, 1.807) is 0 Å². The van der Waals surface area contributed by atoms with Crippen LogP contribution >= 0.6 is 12.4 Å². The molecule has 2 N–H and O–H groups in total. The molecule has 1 saturated carbocycles. The highest BCUT2D eigenvalue weighted by Crippen LogP contribution is 2.34. The average molecular weight is 270 g/mol. The first-order valence-corrected chi connectivity index (χ1v) is 6.24. The molecule has 0 unspecified atom stereocenters. The minimum absolute atomic E-state index is 0. The molecule has 1 aromatic carbocycles. The van der Waals surface area contributed by atoms with Crippen LogP contribution < -0.4 is 5.32 Å². The van der Waals surface area contributed by atoms with Gasteiger partial charge < -0.3 is 5.11 Å². The van der Waals surface area contributed by atoms with Crippen LogP contribution in [0.15, 0.2) is 30.3 Å². The van der Waals surface area contributed by atoms with Crippen LogP contribution in [0.2, 0.25) is 0 Å². The first-order valence-electron chi connectivity index (χ1n) is 6.24. The standard InChI is InChI=1S/C14H19NO2.ClH/c16-11-10-15-14(9-5-4-8-13(14)17)12-6-2-1-3-7-12;/h1-3,6-7,15-16H,4-5,8-11H2;1H/t14-;/m0./s1. The molecule has 0 saturated heterocycles. The van der Waals surface area contributed by atoms with Crippen LogP contribution in [-0.4, -0.2) is 24.0 Å². The lowest BCUT2D eigenvalue weighted by atomic mass is 9.75. The predicted octanol–water partition coefficient (Wildman–Crippen LogP) is 2.03. The van der Waals surface area contributed by atoms with Crippen molar-refractivity contribution in [3.05, 3.63) is 35.9 Å². The van der Waals surface area contributed by atoms with Gasteiger partial charge in [0.2, 0.25) is 0 Å². The van der Waals surface area contributed by atoms with Crippen LogP contribution in [0.5, 0.6) is 0 Å². The molecule has 0 aliphatic heterocycles. The monoisotopic (exact) mass is 269 g/mol. The second kappa shape index (κ2) is 6.88. The first kappa shape index (κ1) is 15.2. The lowest BCUT2D eigenvalue weighted by Gasteiger charge is -2.37. The highest BCUT2D eigenvalue weighted by molar-refractivity contribution is 5.90.